The van der Waals surface area contributed by atoms with Crippen molar-refractivity contribution in [1.29, 1.82) is 0 Å². The highest BCUT2D eigenvalue weighted by molar-refractivity contribution is 7.71. The Balaban J connectivity index is 2.11. The lowest BCUT2D eigenvalue weighted by Crippen LogP contribution is -2.04. The fraction of sp³-hybridized carbons (Fsp3) is 0.133. The molecule has 0 radical (unpaired) electrons. The normalized spacial score (nSPS) is 11.0. The average Bonchev–Trinajstić information content (AvgIpc) is 2.80. The van der Waals surface area contributed by atoms with E-state index < -0.39 is 0 Å². The molecule has 0 fully saturated rings. The summed E-state index contributed by atoms with van der Waals surface area (Å²) in [6, 6.07) is 14.5. The molecule has 0 saturated heterocycles. The number of aliphatic hydroxyl groups excluding tert-OH is 1. The molecule has 3 aromatic rings. The zero-order valence-corrected chi connectivity index (χ0v) is 11.2. The first-order chi connectivity index (χ1) is 9.29. The van der Waals surface area contributed by atoms with Gasteiger partial charge in [0.2, 0.25) is 0 Å². The monoisotopic (exact) mass is 270 g/mol. The van der Waals surface area contributed by atoms with Gasteiger partial charge in [-0.05, 0) is 28.6 Å². The largest absolute Gasteiger partial charge is 0.390 e. The van der Waals surface area contributed by atoms with Crippen molar-refractivity contribution in [2.24, 2.45) is 0 Å². The number of aromatic amines is 1. The van der Waals surface area contributed by atoms with Gasteiger partial charge in [0.1, 0.15) is 0 Å². The highest BCUT2D eigenvalue weighted by Crippen LogP contribution is 2.20. The van der Waals surface area contributed by atoms with Crippen molar-refractivity contribution in [3.05, 3.63) is 64.7 Å². The number of nitrogens with one attached hydrogen (secondary N) is 1. The molecule has 0 aliphatic heterocycles. The Hall–Kier alpha value is -1.91. The van der Waals surface area contributed by atoms with E-state index in [1.54, 1.807) is 6.20 Å². The fourth-order valence-corrected chi connectivity index (χ4v) is 2.58. The summed E-state index contributed by atoms with van der Waals surface area (Å²) >= 11 is 5.26. The van der Waals surface area contributed by atoms with Crippen LogP contribution in [-0.2, 0) is 13.2 Å². The van der Waals surface area contributed by atoms with Gasteiger partial charge in [-0.15, -0.1) is 0 Å². The number of hydrogen-bond donors (Lipinski definition) is 2. The number of rotatable bonds is 3. The van der Waals surface area contributed by atoms with Gasteiger partial charge in [-0.2, -0.15) is 0 Å². The summed E-state index contributed by atoms with van der Waals surface area (Å²) in [7, 11) is 0. The fourth-order valence-electron chi connectivity index (χ4n) is 2.34. The van der Waals surface area contributed by atoms with E-state index in [0.29, 0.717) is 11.3 Å². The van der Waals surface area contributed by atoms with Gasteiger partial charge in [0.05, 0.1) is 18.8 Å². The van der Waals surface area contributed by atoms with Gasteiger partial charge in [0.25, 0.3) is 0 Å². The molecule has 2 N–H and O–H groups in total. The minimum absolute atomic E-state index is 0.0160. The SMILES string of the molecule is OCc1c[nH]c(=S)n1Cc1cccc2ccccc12. The summed E-state index contributed by atoms with van der Waals surface area (Å²) in [5.74, 6) is 0. The van der Waals surface area contributed by atoms with Crippen molar-refractivity contribution in [2.45, 2.75) is 13.2 Å². The number of imidazole rings is 1. The Morgan fingerprint density at radius 2 is 1.89 bits per heavy atom. The smallest absolute Gasteiger partial charge is 0.177 e. The molecule has 4 heteroatoms. The number of aromatic nitrogens is 2. The summed E-state index contributed by atoms with van der Waals surface area (Å²) in [6.07, 6.45) is 1.76. The minimum atomic E-state index is -0.0160. The maximum atomic E-state index is 9.34. The van der Waals surface area contributed by atoms with Gasteiger partial charge in [-0.1, -0.05) is 42.5 Å². The van der Waals surface area contributed by atoms with Crippen molar-refractivity contribution in [2.75, 3.05) is 0 Å². The zero-order chi connectivity index (χ0) is 13.2. The van der Waals surface area contributed by atoms with Crippen LogP contribution in [0.1, 0.15) is 11.3 Å². The minimum Gasteiger partial charge on any atom is -0.390 e. The number of fused-ring (bicyclic) bond motifs is 1. The van der Waals surface area contributed by atoms with Crippen LogP contribution in [0.25, 0.3) is 10.8 Å². The van der Waals surface area contributed by atoms with E-state index in [4.69, 9.17) is 12.2 Å². The molecule has 96 valence electrons. The van der Waals surface area contributed by atoms with Gasteiger partial charge in [0, 0.05) is 6.20 Å². The van der Waals surface area contributed by atoms with E-state index in [1.807, 2.05) is 22.8 Å². The predicted octanol–water partition coefficient (Wildman–Crippen LogP) is 3.24. The van der Waals surface area contributed by atoms with Crippen molar-refractivity contribution < 1.29 is 5.11 Å². The molecular formula is C15H14N2OS. The van der Waals surface area contributed by atoms with Crippen molar-refractivity contribution in [3.8, 4) is 0 Å². The predicted molar refractivity (Wildman–Crippen MR) is 78.6 cm³/mol. The molecule has 3 rings (SSSR count). The maximum absolute atomic E-state index is 9.34. The molecule has 1 heterocycles. The first-order valence-electron chi connectivity index (χ1n) is 6.14. The van der Waals surface area contributed by atoms with Crippen LogP contribution >= 0.6 is 12.2 Å². The standard InChI is InChI=1S/C15H14N2OS/c18-10-13-8-16-15(19)17(13)9-12-6-3-5-11-4-1-2-7-14(11)12/h1-8,18H,9-10H2,(H,16,19). The van der Waals surface area contributed by atoms with Crippen LogP contribution in [0.4, 0.5) is 0 Å². The van der Waals surface area contributed by atoms with E-state index in [1.165, 1.54) is 16.3 Å². The number of H-pyrrole nitrogens is 1. The first-order valence-corrected chi connectivity index (χ1v) is 6.55. The van der Waals surface area contributed by atoms with Crippen LogP contribution in [0.2, 0.25) is 0 Å². The number of hydrogen-bond acceptors (Lipinski definition) is 2. The summed E-state index contributed by atoms with van der Waals surface area (Å²) in [5.41, 5.74) is 2.00. The molecule has 0 spiro atoms. The second-order valence-corrected chi connectivity index (χ2v) is 4.85. The van der Waals surface area contributed by atoms with E-state index in [0.717, 1.165) is 5.69 Å². The lowest BCUT2D eigenvalue weighted by atomic mass is 10.0. The second kappa shape index (κ2) is 4.99. The Kier molecular flexibility index (Phi) is 3.19. The Morgan fingerprint density at radius 1 is 1.11 bits per heavy atom. The third kappa shape index (κ3) is 2.20. The van der Waals surface area contributed by atoms with E-state index >= 15 is 0 Å². The molecule has 0 unspecified atom stereocenters. The quantitative estimate of drug-likeness (QED) is 0.717. The first kappa shape index (κ1) is 12.1. The highest BCUT2D eigenvalue weighted by atomic mass is 32.1. The Labute approximate surface area is 116 Å². The van der Waals surface area contributed by atoms with Crippen LogP contribution in [0, 0.1) is 4.77 Å². The summed E-state index contributed by atoms with van der Waals surface area (Å²) in [4.78, 5) is 2.97. The molecule has 1 aromatic heterocycles. The molecule has 0 aliphatic rings. The van der Waals surface area contributed by atoms with Crippen molar-refractivity contribution >= 4 is 23.0 Å². The van der Waals surface area contributed by atoms with Gasteiger partial charge in [-0.3, -0.25) is 0 Å². The molecule has 0 amide bonds. The molecular weight excluding hydrogens is 256 g/mol. The number of nitrogens with zero attached hydrogens (tertiary/aromatic N) is 1. The van der Waals surface area contributed by atoms with Crippen LogP contribution in [-0.4, -0.2) is 14.7 Å². The molecule has 0 atom stereocenters. The third-order valence-electron chi connectivity index (χ3n) is 3.32. The molecule has 0 saturated carbocycles. The average molecular weight is 270 g/mol. The van der Waals surface area contributed by atoms with Gasteiger partial charge < -0.3 is 14.7 Å². The van der Waals surface area contributed by atoms with Crippen LogP contribution in [0.3, 0.4) is 0 Å². The van der Waals surface area contributed by atoms with Crippen LogP contribution in [0.15, 0.2) is 48.7 Å². The number of benzene rings is 2. The third-order valence-corrected chi connectivity index (χ3v) is 3.66. The molecule has 19 heavy (non-hydrogen) atoms. The maximum Gasteiger partial charge on any atom is 0.177 e. The highest BCUT2D eigenvalue weighted by Gasteiger charge is 2.06. The zero-order valence-electron chi connectivity index (χ0n) is 10.3. The van der Waals surface area contributed by atoms with E-state index in [-0.39, 0.29) is 6.61 Å². The van der Waals surface area contributed by atoms with Crippen molar-refractivity contribution in [3.63, 3.8) is 0 Å². The topological polar surface area (TPSA) is 40.9 Å². The molecule has 0 aliphatic carbocycles. The van der Waals surface area contributed by atoms with Gasteiger partial charge >= 0.3 is 0 Å². The molecule has 0 bridgehead atoms. The van der Waals surface area contributed by atoms with Gasteiger partial charge in [0.15, 0.2) is 4.77 Å². The lowest BCUT2D eigenvalue weighted by molar-refractivity contribution is 0.271. The van der Waals surface area contributed by atoms with Crippen LogP contribution in [0.5, 0.6) is 0 Å². The Bertz CT molecular complexity index is 768. The summed E-state index contributed by atoms with van der Waals surface area (Å²) in [5, 5.41) is 11.8. The van der Waals surface area contributed by atoms with E-state index in [2.05, 4.69) is 29.2 Å². The second-order valence-electron chi connectivity index (χ2n) is 4.47. The van der Waals surface area contributed by atoms with E-state index in [9.17, 15) is 5.11 Å². The van der Waals surface area contributed by atoms with Gasteiger partial charge in [-0.25, -0.2) is 0 Å². The Morgan fingerprint density at radius 3 is 2.74 bits per heavy atom. The van der Waals surface area contributed by atoms with Crippen LogP contribution < -0.4 is 0 Å². The van der Waals surface area contributed by atoms with Crippen molar-refractivity contribution in [1.82, 2.24) is 9.55 Å². The molecule has 3 nitrogen and oxygen atoms in total. The molecule has 2 aromatic carbocycles. The summed E-state index contributed by atoms with van der Waals surface area (Å²) in [6.45, 7) is 0.650. The number of aliphatic hydroxyl groups is 1. The summed E-state index contributed by atoms with van der Waals surface area (Å²) < 4.78 is 2.56. The lowest BCUT2D eigenvalue weighted by Gasteiger charge is -2.09.